The van der Waals surface area contributed by atoms with E-state index in [4.69, 9.17) is 0 Å². The molecule has 68 valence electrons. The van der Waals surface area contributed by atoms with Gasteiger partial charge in [0, 0.05) is 10.8 Å². The van der Waals surface area contributed by atoms with Crippen molar-refractivity contribution in [2.24, 2.45) is 10.8 Å². The standard InChI is InChI=1S/C9H14O3/c1-8(2)6(11)5(10)7(12)9(8,3)4/h6,11H,1-4H3. The number of carbonyl (C=O) groups excluding carboxylic acids is 2. The van der Waals surface area contributed by atoms with E-state index in [0.717, 1.165) is 0 Å². The van der Waals surface area contributed by atoms with Crippen LogP contribution in [0.25, 0.3) is 0 Å². The Balaban J connectivity index is 3.24. The predicted molar refractivity (Wildman–Crippen MR) is 43.6 cm³/mol. The van der Waals surface area contributed by atoms with E-state index in [-0.39, 0.29) is 0 Å². The van der Waals surface area contributed by atoms with Crippen molar-refractivity contribution in [2.75, 3.05) is 0 Å². The fraction of sp³-hybridized carbons (Fsp3) is 0.778. The lowest BCUT2D eigenvalue weighted by Crippen LogP contribution is -2.37. The summed E-state index contributed by atoms with van der Waals surface area (Å²) in [7, 11) is 0. The summed E-state index contributed by atoms with van der Waals surface area (Å²) in [6.45, 7) is 6.87. The normalized spacial score (nSPS) is 32.6. The summed E-state index contributed by atoms with van der Waals surface area (Å²) >= 11 is 0. The van der Waals surface area contributed by atoms with Crippen LogP contribution in [0.15, 0.2) is 0 Å². The Kier molecular flexibility index (Phi) is 1.69. The minimum Gasteiger partial charge on any atom is -0.384 e. The molecular formula is C9H14O3. The Morgan fingerprint density at radius 1 is 1.17 bits per heavy atom. The van der Waals surface area contributed by atoms with E-state index in [1.807, 2.05) is 0 Å². The molecule has 1 unspecified atom stereocenters. The lowest BCUT2D eigenvalue weighted by Gasteiger charge is -2.33. The first-order chi connectivity index (χ1) is 5.23. The minimum absolute atomic E-state index is 0.458. The number of hydrogen-bond acceptors (Lipinski definition) is 3. The van der Waals surface area contributed by atoms with E-state index in [1.54, 1.807) is 27.7 Å². The third-order valence-electron chi connectivity index (χ3n) is 3.33. The molecule has 0 aromatic carbocycles. The van der Waals surface area contributed by atoms with Crippen LogP contribution < -0.4 is 0 Å². The fourth-order valence-electron chi connectivity index (χ4n) is 1.39. The summed E-state index contributed by atoms with van der Waals surface area (Å²) in [5, 5.41) is 9.46. The molecule has 0 amide bonds. The topological polar surface area (TPSA) is 54.4 Å². The first kappa shape index (κ1) is 9.39. The zero-order valence-corrected chi connectivity index (χ0v) is 7.84. The predicted octanol–water partition coefficient (Wildman–Crippen LogP) is 0.551. The van der Waals surface area contributed by atoms with Gasteiger partial charge >= 0.3 is 0 Å². The van der Waals surface area contributed by atoms with Crippen molar-refractivity contribution in [1.29, 1.82) is 0 Å². The van der Waals surface area contributed by atoms with Crippen LogP contribution in [0.1, 0.15) is 27.7 Å². The number of aliphatic hydroxyl groups excluding tert-OH is 1. The molecule has 1 atom stereocenters. The molecule has 0 aliphatic heterocycles. The first-order valence-electron chi connectivity index (χ1n) is 3.99. The molecule has 0 heterocycles. The second-order valence-electron chi connectivity index (χ2n) is 4.44. The SMILES string of the molecule is CC1(C)C(=O)C(=O)C(O)C1(C)C. The highest BCUT2D eigenvalue weighted by Crippen LogP contribution is 2.47. The maximum absolute atomic E-state index is 11.3. The molecule has 0 saturated heterocycles. The molecule has 1 fully saturated rings. The highest BCUT2D eigenvalue weighted by Gasteiger charge is 2.59. The zero-order chi connectivity index (χ0) is 9.73. The summed E-state index contributed by atoms with van der Waals surface area (Å²) in [6, 6.07) is 0. The Morgan fingerprint density at radius 2 is 1.58 bits per heavy atom. The van der Waals surface area contributed by atoms with Gasteiger partial charge in [0.05, 0.1) is 0 Å². The van der Waals surface area contributed by atoms with E-state index in [1.165, 1.54) is 0 Å². The van der Waals surface area contributed by atoms with Crippen LogP contribution >= 0.6 is 0 Å². The highest BCUT2D eigenvalue weighted by molar-refractivity contribution is 6.43. The molecule has 0 radical (unpaired) electrons. The van der Waals surface area contributed by atoms with Crippen LogP contribution in [-0.2, 0) is 9.59 Å². The molecule has 1 N–H and O–H groups in total. The Morgan fingerprint density at radius 3 is 1.67 bits per heavy atom. The molecule has 0 aromatic heterocycles. The third-order valence-corrected chi connectivity index (χ3v) is 3.33. The van der Waals surface area contributed by atoms with E-state index in [2.05, 4.69) is 0 Å². The van der Waals surface area contributed by atoms with Gasteiger partial charge in [0.1, 0.15) is 6.10 Å². The second kappa shape index (κ2) is 2.16. The van der Waals surface area contributed by atoms with Gasteiger partial charge < -0.3 is 5.11 Å². The summed E-state index contributed by atoms with van der Waals surface area (Å²) in [6.07, 6.45) is -1.14. The lowest BCUT2D eigenvalue weighted by molar-refractivity contribution is -0.140. The molecule has 12 heavy (non-hydrogen) atoms. The molecular weight excluding hydrogens is 156 g/mol. The van der Waals surface area contributed by atoms with Gasteiger partial charge in [-0.3, -0.25) is 9.59 Å². The molecule has 0 spiro atoms. The van der Waals surface area contributed by atoms with Crippen LogP contribution in [0.4, 0.5) is 0 Å². The van der Waals surface area contributed by atoms with Crippen molar-refractivity contribution in [1.82, 2.24) is 0 Å². The van der Waals surface area contributed by atoms with Gasteiger partial charge in [-0.1, -0.05) is 27.7 Å². The highest BCUT2D eigenvalue weighted by atomic mass is 16.3. The summed E-state index contributed by atoms with van der Waals surface area (Å²) in [5.74, 6) is -1.11. The summed E-state index contributed by atoms with van der Waals surface area (Å²) in [5.41, 5.74) is -1.40. The van der Waals surface area contributed by atoms with Gasteiger partial charge in [0.25, 0.3) is 0 Å². The molecule has 1 aliphatic rings. The van der Waals surface area contributed by atoms with Gasteiger partial charge in [-0.05, 0) is 0 Å². The largest absolute Gasteiger partial charge is 0.384 e. The lowest BCUT2D eigenvalue weighted by atomic mass is 9.69. The Labute approximate surface area is 71.8 Å². The molecule has 1 aliphatic carbocycles. The third kappa shape index (κ3) is 0.800. The van der Waals surface area contributed by atoms with Crippen LogP contribution in [0, 0.1) is 10.8 Å². The summed E-state index contributed by atoms with van der Waals surface area (Å²) < 4.78 is 0. The van der Waals surface area contributed by atoms with Crippen LogP contribution in [0.3, 0.4) is 0 Å². The van der Waals surface area contributed by atoms with Crippen molar-refractivity contribution in [3.8, 4) is 0 Å². The number of aliphatic hydroxyl groups is 1. The number of carbonyl (C=O) groups is 2. The number of rotatable bonds is 0. The van der Waals surface area contributed by atoms with E-state index < -0.39 is 28.5 Å². The summed E-state index contributed by atoms with van der Waals surface area (Å²) in [4.78, 5) is 22.5. The molecule has 1 rings (SSSR count). The fourth-order valence-corrected chi connectivity index (χ4v) is 1.39. The van der Waals surface area contributed by atoms with Gasteiger partial charge in [0.2, 0.25) is 11.6 Å². The average molecular weight is 170 g/mol. The molecule has 0 aromatic rings. The quantitative estimate of drug-likeness (QED) is 0.540. The molecule has 3 nitrogen and oxygen atoms in total. The second-order valence-corrected chi connectivity index (χ2v) is 4.44. The monoisotopic (exact) mass is 170 g/mol. The van der Waals surface area contributed by atoms with Gasteiger partial charge in [-0.25, -0.2) is 0 Å². The average Bonchev–Trinajstić information content (AvgIpc) is 2.05. The van der Waals surface area contributed by atoms with E-state index in [9.17, 15) is 14.7 Å². The Bertz CT molecular complexity index is 250. The van der Waals surface area contributed by atoms with Crippen LogP contribution in [0.5, 0.6) is 0 Å². The van der Waals surface area contributed by atoms with Crippen LogP contribution in [0.2, 0.25) is 0 Å². The van der Waals surface area contributed by atoms with Gasteiger partial charge in [-0.15, -0.1) is 0 Å². The van der Waals surface area contributed by atoms with Crippen molar-refractivity contribution in [3.05, 3.63) is 0 Å². The van der Waals surface area contributed by atoms with E-state index >= 15 is 0 Å². The van der Waals surface area contributed by atoms with Gasteiger partial charge in [0.15, 0.2) is 0 Å². The number of hydrogen-bond donors (Lipinski definition) is 1. The zero-order valence-electron chi connectivity index (χ0n) is 7.84. The maximum atomic E-state index is 11.3. The maximum Gasteiger partial charge on any atom is 0.227 e. The molecule has 1 saturated carbocycles. The first-order valence-corrected chi connectivity index (χ1v) is 3.99. The number of ketones is 2. The molecule has 0 bridgehead atoms. The van der Waals surface area contributed by atoms with Crippen LogP contribution in [-0.4, -0.2) is 22.8 Å². The van der Waals surface area contributed by atoms with Crippen molar-refractivity contribution in [2.45, 2.75) is 33.8 Å². The van der Waals surface area contributed by atoms with Crippen molar-refractivity contribution < 1.29 is 14.7 Å². The smallest absolute Gasteiger partial charge is 0.227 e. The van der Waals surface area contributed by atoms with Crippen molar-refractivity contribution >= 4 is 11.6 Å². The number of Topliss-reactive ketones (excluding diaryl/α,β-unsaturated/α-hetero) is 2. The Hall–Kier alpha value is -0.700. The molecule has 3 heteroatoms. The van der Waals surface area contributed by atoms with E-state index in [0.29, 0.717) is 0 Å². The van der Waals surface area contributed by atoms with Gasteiger partial charge in [-0.2, -0.15) is 0 Å². The van der Waals surface area contributed by atoms with Crippen molar-refractivity contribution in [3.63, 3.8) is 0 Å². The minimum atomic E-state index is -1.14.